The summed E-state index contributed by atoms with van der Waals surface area (Å²) in [5, 5.41) is 0. The zero-order chi connectivity index (χ0) is 13.0. The number of benzene rings is 1. The number of nitrogens with zero attached hydrogens (tertiary/aromatic N) is 1. The largest absolute Gasteiger partial charge is 0.340 e. The highest BCUT2D eigenvalue weighted by Crippen LogP contribution is 2.27. The standard InChI is InChI=1S/C15H22N2O/c1-12-14(11-13-5-3-2-4-6-13)8-10-17(12)15(18)7-9-16/h2-6,12,14H,7-11,16H2,1H3. The fourth-order valence-electron chi connectivity index (χ4n) is 2.81. The van der Waals surface area contributed by atoms with Gasteiger partial charge in [0.2, 0.25) is 5.91 Å². The molecule has 2 unspecified atom stereocenters. The predicted molar refractivity (Wildman–Crippen MR) is 73.1 cm³/mol. The molecule has 2 atom stereocenters. The second kappa shape index (κ2) is 6.01. The van der Waals surface area contributed by atoms with Crippen LogP contribution in [0, 0.1) is 5.92 Å². The van der Waals surface area contributed by atoms with Gasteiger partial charge < -0.3 is 10.6 Å². The third kappa shape index (κ3) is 2.91. The molecule has 1 heterocycles. The molecular formula is C15H22N2O. The molecule has 3 nitrogen and oxygen atoms in total. The van der Waals surface area contributed by atoms with E-state index in [0.717, 1.165) is 19.4 Å². The summed E-state index contributed by atoms with van der Waals surface area (Å²) >= 11 is 0. The van der Waals surface area contributed by atoms with Crippen LogP contribution in [0.3, 0.4) is 0 Å². The molecule has 1 aromatic rings. The third-order valence-corrected chi connectivity index (χ3v) is 3.93. The van der Waals surface area contributed by atoms with Crippen LogP contribution in [0.4, 0.5) is 0 Å². The highest BCUT2D eigenvalue weighted by molar-refractivity contribution is 5.77. The highest BCUT2D eigenvalue weighted by atomic mass is 16.2. The quantitative estimate of drug-likeness (QED) is 0.880. The van der Waals surface area contributed by atoms with Crippen molar-refractivity contribution >= 4 is 5.91 Å². The van der Waals surface area contributed by atoms with E-state index in [0.29, 0.717) is 24.9 Å². The van der Waals surface area contributed by atoms with Crippen molar-refractivity contribution in [3.05, 3.63) is 35.9 Å². The fourth-order valence-corrected chi connectivity index (χ4v) is 2.81. The van der Waals surface area contributed by atoms with Crippen molar-refractivity contribution in [1.29, 1.82) is 0 Å². The number of likely N-dealkylation sites (tertiary alicyclic amines) is 1. The molecule has 1 aliphatic rings. The summed E-state index contributed by atoms with van der Waals surface area (Å²) in [6.07, 6.45) is 2.64. The second-order valence-corrected chi connectivity index (χ2v) is 5.10. The number of amides is 1. The van der Waals surface area contributed by atoms with Gasteiger partial charge in [0.05, 0.1) is 0 Å². The summed E-state index contributed by atoms with van der Waals surface area (Å²) < 4.78 is 0. The molecule has 1 amide bonds. The lowest BCUT2D eigenvalue weighted by Crippen LogP contribution is -2.37. The van der Waals surface area contributed by atoms with Crippen LogP contribution in [0.5, 0.6) is 0 Å². The first-order chi connectivity index (χ1) is 8.72. The molecule has 2 N–H and O–H groups in total. The average molecular weight is 246 g/mol. The Kier molecular flexibility index (Phi) is 4.37. The number of rotatable bonds is 4. The molecule has 1 aliphatic heterocycles. The van der Waals surface area contributed by atoms with Crippen LogP contribution >= 0.6 is 0 Å². The van der Waals surface area contributed by atoms with Gasteiger partial charge in [0.1, 0.15) is 0 Å². The van der Waals surface area contributed by atoms with Gasteiger partial charge >= 0.3 is 0 Å². The lowest BCUT2D eigenvalue weighted by molar-refractivity contribution is -0.131. The maximum absolute atomic E-state index is 11.9. The Balaban J connectivity index is 1.95. The molecule has 0 radical (unpaired) electrons. The van der Waals surface area contributed by atoms with Crippen molar-refractivity contribution in [3.8, 4) is 0 Å². The van der Waals surface area contributed by atoms with Gasteiger partial charge in [0, 0.05) is 25.6 Å². The summed E-state index contributed by atoms with van der Waals surface area (Å²) in [6, 6.07) is 10.9. The van der Waals surface area contributed by atoms with E-state index in [1.807, 2.05) is 11.0 Å². The Morgan fingerprint density at radius 1 is 1.39 bits per heavy atom. The van der Waals surface area contributed by atoms with Gasteiger partial charge in [0.25, 0.3) is 0 Å². The second-order valence-electron chi connectivity index (χ2n) is 5.10. The molecular weight excluding hydrogens is 224 g/mol. The topological polar surface area (TPSA) is 46.3 Å². The summed E-state index contributed by atoms with van der Waals surface area (Å²) in [4.78, 5) is 13.9. The number of hydrogen-bond acceptors (Lipinski definition) is 2. The van der Waals surface area contributed by atoms with E-state index in [-0.39, 0.29) is 5.91 Å². The molecule has 0 saturated carbocycles. The minimum atomic E-state index is 0.209. The van der Waals surface area contributed by atoms with Crippen molar-refractivity contribution in [2.45, 2.75) is 32.2 Å². The molecule has 0 bridgehead atoms. The minimum Gasteiger partial charge on any atom is -0.340 e. The average Bonchev–Trinajstić information content (AvgIpc) is 2.73. The Morgan fingerprint density at radius 3 is 2.78 bits per heavy atom. The van der Waals surface area contributed by atoms with Gasteiger partial charge in [-0.05, 0) is 31.2 Å². The summed E-state index contributed by atoms with van der Waals surface area (Å²) in [5.41, 5.74) is 6.82. The van der Waals surface area contributed by atoms with Crippen LogP contribution in [0.15, 0.2) is 30.3 Å². The van der Waals surface area contributed by atoms with Crippen LogP contribution in [0.2, 0.25) is 0 Å². The zero-order valence-electron chi connectivity index (χ0n) is 11.0. The van der Waals surface area contributed by atoms with E-state index < -0.39 is 0 Å². The molecule has 3 heteroatoms. The maximum atomic E-state index is 11.9. The molecule has 1 aromatic carbocycles. The Bertz CT molecular complexity index is 391. The molecule has 0 spiro atoms. The van der Waals surface area contributed by atoms with E-state index in [1.165, 1.54) is 5.56 Å². The first-order valence-corrected chi connectivity index (χ1v) is 6.76. The number of nitrogens with two attached hydrogens (primary N) is 1. The summed E-state index contributed by atoms with van der Waals surface area (Å²) in [5.74, 6) is 0.787. The normalized spacial score (nSPS) is 23.3. The Morgan fingerprint density at radius 2 is 2.11 bits per heavy atom. The molecule has 18 heavy (non-hydrogen) atoms. The molecule has 0 aliphatic carbocycles. The Hall–Kier alpha value is -1.35. The smallest absolute Gasteiger partial charge is 0.224 e. The van der Waals surface area contributed by atoms with Crippen molar-refractivity contribution in [2.24, 2.45) is 11.7 Å². The maximum Gasteiger partial charge on any atom is 0.224 e. The van der Waals surface area contributed by atoms with E-state index >= 15 is 0 Å². The van der Waals surface area contributed by atoms with Gasteiger partial charge in [-0.2, -0.15) is 0 Å². The molecule has 98 valence electrons. The van der Waals surface area contributed by atoms with Gasteiger partial charge in [0.15, 0.2) is 0 Å². The van der Waals surface area contributed by atoms with Crippen molar-refractivity contribution in [2.75, 3.05) is 13.1 Å². The lowest BCUT2D eigenvalue weighted by Gasteiger charge is -2.24. The first-order valence-electron chi connectivity index (χ1n) is 6.76. The molecule has 0 aromatic heterocycles. The summed E-state index contributed by atoms with van der Waals surface area (Å²) in [7, 11) is 0. The minimum absolute atomic E-state index is 0.209. The van der Waals surface area contributed by atoms with Crippen molar-refractivity contribution in [3.63, 3.8) is 0 Å². The number of carbonyl (C=O) groups excluding carboxylic acids is 1. The van der Waals surface area contributed by atoms with Gasteiger partial charge in [-0.1, -0.05) is 30.3 Å². The van der Waals surface area contributed by atoms with Crippen LogP contribution in [-0.2, 0) is 11.2 Å². The van der Waals surface area contributed by atoms with Crippen molar-refractivity contribution in [1.82, 2.24) is 4.90 Å². The SMILES string of the molecule is CC1C(Cc2ccccc2)CCN1C(=O)CCN. The van der Waals surface area contributed by atoms with E-state index in [9.17, 15) is 4.79 Å². The number of carbonyl (C=O) groups is 1. The van der Waals surface area contributed by atoms with Gasteiger partial charge in [-0.3, -0.25) is 4.79 Å². The Labute approximate surface area is 109 Å². The van der Waals surface area contributed by atoms with Crippen LogP contribution in [-0.4, -0.2) is 29.9 Å². The van der Waals surface area contributed by atoms with Gasteiger partial charge in [-0.25, -0.2) is 0 Å². The molecule has 1 fully saturated rings. The predicted octanol–water partition coefficient (Wildman–Crippen LogP) is 1.81. The first kappa shape index (κ1) is 13.1. The van der Waals surface area contributed by atoms with Crippen LogP contribution in [0.25, 0.3) is 0 Å². The zero-order valence-corrected chi connectivity index (χ0v) is 11.0. The van der Waals surface area contributed by atoms with Gasteiger partial charge in [-0.15, -0.1) is 0 Å². The fraction of sp³-hybridized carbons (Fsp3) is 0.533. The monoisotopic (exact) mass is 246 g/mol. The lowest BCUT2D eigenvalue weighted by atomic mass is 9.93. The summed E-state index contributed by atoms with van der Waals surface area (Å²) in [6.45, 7) is 3.50. The van der Waals surface area contributed by atoms with Crippen LogP contribution < -0.4 is 5.73 Å². The molecule has 1 saturated heterocycles. The van der Waals surface area contributed by atoms with E-state index in [2.05, 4.69) is 31.2 Å². The van der Waals surface area contributed by atoms with Crippen LogP contribution in [0.1, 0.15) is 25.3 Å². The van der Waals surface area contributed by atoms with Crippen molar-refractivity contribution < 1.29 is 4.79 Å². The highest BCUT2D eigenvalue weighted by Gasteiger charge is 2.32. The van der Waals surface area contributed by atoms with E-state index in [4.69, 9.17) is 5.73 Å². The molecule has 2 rings (SSSR count). The van der Waals surface area contributed by atoms with E-state index in [1.54, 1.807) is 0 Å². The third-order valence-electron chi connectivity index (χ3n) is 3.93. The number of hydrogen-bond donors (Lipinski definition) is 1.